The van der Waals surface area contributed by atoms with Gasteiger partial charge in [-0.3, -0.25) is 19.7 Å². The van der Waals surface area contributed by atoms with Gasteiger partial charge >= 0.3 is 0 Å². The van der Waals surface area contributed by atoms with Gasteiger partial charge in [0.25, 0.3) is 5.91 Å². The minimum absolute atomic E-state index is 0.163. The predicted octanol–water partition coefficient (Wildman–Crippen LogP) is 0.693. The van der Waals surface area contributed by atoms with Crippen LogP contribution in [0.5, 0.6) is 0 Å². The van der Waals surface area contributed by atoms with Crippen molar-refractivity contribution < 1.29 is 18.9 Å². The molecule has 3 aliphatic heterocycles. The molecule has 9 heteroatoms. The number of amides is 3. The lowest BCUT2D eigenvalue weighted by Gasteiger charge is -2.29. The maximum atomic E-state index is 12.8. The quantitative estimate of drug-likeness (QED) is 0.652. The molecule has 29 heavy (non-hydrogen) atoms. The molecule has 0 bridgehead atoms. The van der Waals surface area contributed by atoms with Gasteiger partial charge in [0.05, 0.1) is 11.3 Å². The number of carbonyl (C=O) groups is 3. The summed E-state index contributed by atoms with van der Waals surface area (Å²) in [6.45, 7) is 2.56. The number of hydrogen-bond acceptors (Lipinski definition) is 7. The van der Waals surface area contributed by atoms with Crippen molar-refractivity contribution in [1.29, 1.82) is 0 Å². The number of hydrogen-bond donors (Lipinski definition) is 3. The van der Waals surface area contributed by atoms with Crippen LogP contribution in [0.15, 0.2) is 22.7 Å². The van der Waals surface area contributed by atoms with Crippen molar-refractivity contribution in [3.8, 4) is 0 Å². The van der Waals surface area contributed by atoms with Crippen molar-refractivity contribution in [3.63, 3.8) is 0 Å². The molecule has 3 N–H and O–H groups in total. The molecule has 9 nitrogen and oxygen atoms in total. The van der Waals surface area contributed by atoms with E-state index >= 15 is 0 Å². The van der Waals surface area contributed by atoms with E-state index in [2.05, 4.69) is 21.1 Å². The largest absolute Gasteiger partial charge is 0.350 e. The lowest BCUT2D eigenvalue weighted by molar-refractivity contribution is -0.136. The molecule has 4 heterocycles. The van der Waals surface area contributed by atoms with E-state index in [1.54, 1.807) is 11.0 Å². The minimum atomic E-state index is -0.595. The summed E-state index contributed by atoms with van der Waals surface area (Å²) < 4.78 is 5.43. The average Bonchev–Trinajstić information content (AvgIpc) is 3.27. The first-order valence-electron chi connectivity index (χ1n) is 9.78. The van der Waals surface area contributed by atoms with Crippen LogP contribution in [-0.4, -0.2) is 40.4 Å². The van der Waals surface area contributed by atoms with Gasteiger partial charge in [-0.2, -0.15) is 0 Å². The Hall–Kier alpha value is -3.20. The van der Waals surface area contributed by atoms with Crippen molar-refractivity contribution in [1.82, 2.24) is 20.7 Å². The Labute approximate surface area is 166 Å². The third kappa shape index (κ3) is 3.17. The standard InChI is InChI=1S/C20H21N5O4/c26-17-4-3-16(18(27)23-17)25-10-12-7-11(1-2-13(12)20(25)28)8-22-19-14-9-21-6-5-15(14)24-29-19/h1-2,7,16,21-22H,3-6,8-10H2,(H,23,26,27). The number of nitrogens with zero attached hydrogens (tertiary/aromatic N) is 2. The first kappa shape index (κ1) is 17.9. The van der Waals surface area contributed by atoms with Gasteiger partial charge in [0.1, 0.15) is 6.04 Å². The zero-order chi connectivity index (χ0) is 20.0. The molecule has 150 valence electrons. The van der Waals surface area contributed by atoms with Crippen LogP contribution in [0.1, 0.15) is 45.6 Å². The molecule has 1 aromatic carbocycles. The van der Waals surface area contributed by atoms with Gasteiger partial charge in [-0.25, -0.2) is 0 Å². The third-order valence-corrected chi connectivity index (χ3v) is 5.75. The molecule has 1 fully saturated rings. The van der Waals surface area contributed by atoms with E-state index in [0.717, 1.165) is 41.9 Å². The lowest BCUT2D eigenvalue weighted by atomic mass is 10.0. The summed E-state index contributed by atoms with van der Waals surface area (Å²) in [7, 11) is 0. The average molecular weight is 395 g/mol. The highest BCUT2D eigenvalue weighted by Crippen LogP contribution is 2.29. The molecule has 0 spiro atoms. The zero-order valence-corrected chi connectivity index (χ0v) is 15.8. The number of imide groups is 1. The van der Waals surface area contributed by atoms with Crippen LogP contribution in [0.4, 0.5) is 5.88 Å². The molecule has 3 aliphatic rings. The van der Waals surface area contributed by atoms with Gasteiger partial charge in [-0.05, 0) is 23.6 Å². The summed E-state index contributed by atoms with van der Waals surface area (Å²) in [6.07, 6.45) is 1.48. The van der Waals surface area contributed by atoms with Gasteiger partial charge in [-0.15, -0.1) is 0 Å². The van der Waals surface area contributed by atoms with Gasteiger partial charge in [-0.1, -0.05) is 17.3 Å². The van der Waals surface area contributed by atoms with Gasteiger partial charge in [0.15, 0.2) is 0 Å². The normalized spacial score (nSPS) is 21.0. The number of carbonyl (C=O) groups excluding carboxylic acids is 3. The van der Waals surface area contributed by atoms with Gasteiger partial charge in [0.2, 0.25) is 17.7 Å². The smallest absolute Gasteiger partial charge is 0.255 e. The molecule has 0 saturated carbocycles. The highest BCUT2D eigenvalue weighted by atomic mass is 16.5. The Kier molecular flexibility index (Phi) is 4.31. The Bertz CT molecular complexity index is 1010. The second kappa shape index (κ2) is 7.00. The maximum absolute atomic E-state index is 12.8. The molecule has 1 unspecified atom stereocenters. The highest BCUT2D eigenvalue weighted by Gasteiger charge is 2.39. The Morgan fingerprint density at radius 2 is 2.14 bits per heavy atom. The molecular formula is C20H21N5O4. The van der Waals surface area contributed by atoms with Crippen LogP contribution in [0.25, 0.3) is 0 Å². The van der Waals surface area contributed by atoms with Crippen LogP contribution < -0.4 is 16.0 Å². The lowest BCUT2D eigenvalue weighted by Crippen LogP contribution is -2.52. The van der Waals surface area contributed by atoms with Gasteiger partial charge in [0, 0.05) is 44.6 Å². The Balaban J connectivity index is 1.29. The number of anilines is 1. The summed E-state index contributed by atoms with van der Waals surface area (Å²) >= 11 is 0. The Morgan fingerprint density at radius 3 is 3.00 bits per heavy atom. The second-order valence-corrected chi connectivity index (χ2v) is 7.61. The van der Waals surface area contributed by atoms with E-state index in [0.29, 0.717) is 31.0 Å². The van der Waals surface area contributed by atoms with Crippen molar-refractivity contribution in [3.05, 3.63) is 46.1 Å². The zero-order valence-electron chi connectivity index (χ0n) is 15.8. The first-order valence-corrected chi connectivity index (χ1v) is 9.78. The third-order valence-electron chi connectivity index (χ3n) is 5.75. The van der Waals surface area contributed by atoms with E-state index in [1.165, 1.54) is 0 Å². The van der Waals surface area contributed by atoms with Crippen LogP contribution in [0, 0.1) is 0 Å². The summed E-state index contributed by atoms with van der Waals surface area (Å²) in [5, 5.41) is 13.0. The van der Waals surface area contributed by atoms with E-state index in [4.69, 9.17) is 4.52 Å². The molecule has 1 aromatic heterocycles. The summed E-state index contributed by atoms with van der Waals surface area (Å²) in [6, 6.07) is 5.09. The van der Waals surface area contributed by atoms with E-state index in [-0.39, 0.29) is 18.2 Å². The number of fused-ring (bicyclic) bond motifs is 2. The summed E-state index contributed by atoms with van der Waals surface area (Å²) in [4.78, 5) is 37.8. The summed E-state index contributed by atoms with van der Waals surface area (Å²) in [5.74, 6) is -0.167. The van der Waals surface area contributed by atoms with Crippen molar-refractivity contribution in [2.45, 2.75) is 44.9 Å². The molecular weight excluding hydrogens is 374 g/mol. The van der Waals surface area contributed by atoms with Crippen LogP contribution in [-0.2, 0) is 35.6 Å². The highest BCUT2D eigenvalue weighted by molar-refractivity contribution is 6.05. The van der Waals surface area contributed by atoms with E-state index in [1.807, 2.05) is 12.1 Å². The minimum Gasteiger partial charge on any atom is -0.350 e. The van der Waals surface area contributed by atoms with Crippen LogP contribution in [0.3, 0.4) is 0 Å². The topological polar surface area (TPSA) is 117 Å². The van der Waals surface area contributed by atoms with Crippen molar-refractivity contribution >= 4 is 23.6 Å². The molecule has 5 rings (SSSR count). The molecule has 0 aliphatic carbocycles. The van der Waals surface area contributed by atoms with Crippen molar-refractivity contribution in [2.24, 2.45) is 0 Å². The fourth-order valence-electron chi connectivity index (χ4n) is 4.20. The fraction of sp³-hybridized carbons (Fsp3) is 0.400. The SMILES string of the molecule is O=C1CCC(N2Cc3cc(CNc4onc5c4CNCC5)ccc3C2=O)C(=O)N1. The molecule has 3 amide bonds. The maximum Gasteiger partial charge on any atom is 0.255 e. The number of nitrogens with one attached hydrogen (secondary N) is 3. The fourth-order valence-corrected chi connectivity index (χ4v) is 4.20. The monoisotopic (exact) mass is 395 g/mol. The van der Waals surface area contributed by atoms with Crippen LogP contribution in [0.2, 0.25) is 0 Å². The summed E-state index contributed by atoms with van der Waals surface area (Å²) in [5.41, 5.74) is 4.57. The molecule has 1 saturated heterocycles. The first-order chi connectivity index (χ1) is 14.1. The second-order valence-electron chi connectivity index (χ2n) is 7.61. The molecule has 2 aromatic rings. The number of rotatable bonds is 4. The molecule has 1 atom stereocenters. The van der Waals surface area contributed by atoms with E-state index < -0.39 is 11.9 Å². The number of aromatic nitrogens is 1. The van der Waals surface area contributed by atoms with Crippen molar-refractivity contribution in [2.75, 3.05) is 11.9 Å². The van der Waals surface area contributed by atoms with E-state index in [9.17, 15) is 14.4 Å². The predicted molar refractivity (Wildman–Crippen MR) is 102 cm³/mol. The Morgan fingerprint density at radius 1 is 1.24 bits per heavy atom. The number of benzene rings is 1. The molecule has 0 radical (unpaired) electrons. The van der Waals surface area contributed by atoms with Crippen LogP contribution >= 0.6 is 0 Å². The van der Waals surface area contributed by atoms with Gasteiger partial charge < -0.3 is 20.1 Å². The number of piperidine rings is 1.